The van der Waals surface area contributed by atoms with Gasteiger partial charge in [0.1, 0.15) is 29.4 Å². The number of aromatic nitrogens is 2. The number of carbonyl (C=O) groups excluding carboxylic acids is 2. The number of aryl methyl sites for hydroxylation is 1. The largest absolute Gasteiger partial charge is 0.466 e. The third-order valence-electron chi connectivity index (χ3n) is 4.72. The van der Waals surface area contributed by atoms with Crippen LogP contribution < -0.4 is 5.56 Å². The average molecular weight is 413 g/mol. The number of rotatable bonds is 4. The van der Waals surface area contributed by atoms with E-state index in [2.05, 4.69) is 4.98 Å². The van der Waals surface area contributed by atoms with Crippen LogP contribution in [0, 0.1) is 6.92 Å². The molecule has 0 unspecified atom stereocenters. The second kappa shape index (κ2) is 7.75. The zero-order valence-electron chi connectivity index (χ0n) is 15.9. The van der Waals surface area contributed by atoms with Crippen LogP contribution in [-0.2, 0) is 20.9 Å². The summed E-state index contributed by atoms with van der Waals surface area (Å²) < 4.78 is 12.3. The summed E-state index contributed by atoms with van der Waals surface area (Å²) >= 11 is 1.44. The van der Waals surface area contributed by atoms with Crippen LogP contribution in [0.5, 0.6) is 0 Å². The van der Waals surface area contributed by atoms with Gasteiger partial charge in [-0.15, -0.1) is 11.8 Å². The third-order valence-corrected chi connectivity index (χ3v) is 6.00. The molecule has 29 heavy (non-hydrogen) atoms. The summed E-state index contributed by atoms with van der Waals surface area (Å²) in [4.78, 5) is 43.1. The molecule has 0 bridgehead atoms. The van der Waals surface area contributed by atoms with Gasteiger partial charge in [-0.3, -0.25) is 14.0 Å². The summed E-state index contributed by atoms with van der Waals surface area (Å²) in [5.74, 6) is 0.237. The number of carbonyl (C=O) groups is 2. The number of amides is 1. The third kappa shape index (κ3) is 3.65. The predicted octanol–water partition coefficient (Wildman–Crippen LogP) is 2.30. The summed E-state index contributed by atoms with van der Waals surface area (Å²) in [6.07, 6.45) is 1.53. The van der Waals surface area contributed by atoms with E-state index in [1.165, 1.54) is 40.3 Å². The molecule has 0 aliphatic carbocycles. The molecule has 0 radical (unpaired) electrons. The first-order chi connectivity index (χ1) is 14.0. The maximum Gasteiger partial charge on any atom is 0.330 e. The summed E-state index contributed by atoms with van der Waals surface area (Å²) in [5, 5.41) is -0.369. The Kier molecular flexibility index (Phi) is 5.14. The van der Waals surface area contributed by atoms with Crippen molar-refractivity contribution in [3.63, 3.8) is 0 Å². The first-order valence-corrected chi connectivity index (χ1v) is 10.1. The second-order valence-electron chi connectivity index (χ2n) is 6.70. The van der Waals surface area contributed by atoms with Gasteiger partial charge in [-0.25, -0.2) is 9.78 Å². The molecular formula is C20H19N3O5S. The Hall–Kier alpha value is -3.07. The quantitative estimate of drug-likeness (QED) is 0.606. The molecule has 0 spiro atoms. The molecule has 2 atom stereocenters. The number of thioether (sulfide) groups is 1. The Morgan fingerprint density at radius 1 is 1.31 bits per heavy atom. The Morgan fingerprint density at radius 2 is 2.14 bits per heavy atom. The average Bonchev–Trinajstić information content (AvgIpc) is 3.35. The lowest BCUT2D eigenvalue weighted by Gasteiger charge is -2.25. The van der Waals surface area contributed by atoms with E-state index in [1.54, 1.807) is 18.2 Å². The molecule has 0 N–H and O–H groups in total. The van der Waals surface area contributed by atoms with Crippen LogP contribution in [0.4, 0.5) is 0 Å². The molecule has 0 saturated carbocycles. The molecule has 0 aromatic carbocycles. The molecular weight excluding hydrogens is 394 g/mol. The van der Waals surface area contributed by atoms with Gasteiger partial charge in [0.2, 0.25) is 5.91 Å². The Bertz CT molecular complexity index is 1120. The summed E-state index contributed by atoms with van der Waals surface area (Å²) in [7, 11) is 0. The zero-order valence-corrected chi connectivity index (χ0v) is 16.7. The van der Waals surface area contributed by atoms with Crippen molar-refractivity contribution in [2.24, 2.45) is 0 Å². The van der Waals surface area contributed by atoms with Crippen LogP contribution in [0.25, 0.3) is 5.65 Å². The van der Waals surface area contributed by atoms with Gasteiger partial charge in [-0.05, 0) is 31.2 Å². The fourth-order valence-electron chi connectivity index (χ4n) is 3.40. The van der Waals surface area contributed by atoms with Gasteiger partial charge < -0.3 is 14.1 Å². The molecule has 1 fully saturated rings. The molecule has 1 saturated heterocycles. The highest BCUT2D eigenvalue weighted by Gasteiger charge is 2.43. The number of ether oxygens (including phenoxy) is 1. The summed E-state index contributed by atoms with van der Waals surface area (Å²) in [6.45, 7) is 3.09. The summed E-state index contributed by atoms with van der Waals surface area (Å²) in [6, 6.07) is 9.49. The molecule has 9 heteroatoms. The lowest BCUT2D eigenvalue weighted by Crippen LogP contribution is -2.42. The van der Waals surface area contributed by atoms with Crippen LogP contribution in [0.15, 0.2) is 51.9 Å². The predicted molar refractivity (Wildman–Crippen MR) is 106 cm³/mol. The topological polar surface area (TPSA) is 94.1 Å². The zero-order chi connectivity index (χ0) is 20.5. The highest BCUT2D eigenvalue weighted by molar-refractivity contribution is 7.99. The molecule has 4 heterocycles. The number of hydrogen-bond acceptors (Lipinski definition) is 7. The smallest absolute Gasteiger partial charge is 0.330 e. The fraction of sp³-hybridized carbons (Fsp3) is 0.300. The van der Waals surface area contributed by atoms with E-state index in [0.717, 1.165) is 5.69 Å². The number of pyridine rings is 1. The van der Waals surface area contributed by atoms with Crippen LogP contribution in [0.3, 0.4) is 0 Å². The minimum atomic E-state index is -0.726. The van der Waals surface area contributed by atoms with Gasteiger partial charge in [0.05, 0.1) is 12.0 Å². The van der Waals surface area contributed by atoms with Crippen molar-refractivity contribution in [2.45, 2.75) is 31.9 Å². The van der Waals surface area contributed by atoms with E-state index in [0.29, 0.717) is 22.9 Å². The van der Waals surface area contributed by atoms with Crippen LogP contribution in [-0.4, -0.2) is 38.0 Å². The van der Waals surface area contributed by atoms with Gasteiger partial charge in [0.15, 0.2) is 0 Å². The van der Waals surface area contributed by atoms with Crippen LogP contribution in [0.1, 0.15) is 29.4 Å². The van der Waals surface area contributed by atoms with Gasteiger partial charge in [-0.2, -0.15) is 0 Å². The Labute approximate surface area is 170 Å². The molecule has 1 amide bonds. The first kappa shape index (κ1) is 19.3. The monoisotopic (exact) mass is 413 g/mol. The van der Waals surface area contributed by atoms with Gasteiger partial charge in [-0.1, -0.05) is 6.07 Å². The lowest BCUT2D eigenvalue weighted by atomic mass is 10.2. The lowest BCUT2D eigenvalue weighted by molar-refractivity contribution is -0.154. The maximum atomic E-state index is 12.7. The molecule has 8 nitrogen and oxygen atoms in total. The fourth-order valence-corrected chi connectivity index (χ4v) is 4.82. The molecule has 150 valence electrons. The Balaban J connectivity index is 1.50. The highest BCUT2D eigenvalue weighted by atomic mass is 32.2. The first-order valence-electron chi connectivity index (χ1n) is 9.04. The van der Waals surface area contributed by atoms with Crippen LogP contribution in [0.2, 0.25) is 0 Å². The number of hydrogen-bond donors (Lipinski definition) is 0. The second-order valence-corrected chi connectivity index (χ2v) is 7.81. The molecule has 1 aliphatic rings. The van der Waals surface area contributed by atoms with Crippen molar-refractivity contribution in [3.8, 4) is 0 Å². The van der Waals surface area contributed by atoms with Crippen molar-refractivity contribution in [1.82, 2.24) is 14.3 Å². The number of nitrogens with zero attached hydrogens (tertiary/aromatic N) is 3. The standard InChI is InChI=1S/C20H19N3O5S/c1-12-5-3-7-17-21-14(9-18(25)22(12)17)10-28-20(26)15-11-29-19(23(15)13(2)24)16-6-4-8-27-16/h3-9,15,19H,10-11H2,1-2H3/t15-,19-/m1/s1. The van der Waals surface area contributed by atoms with E-state index in [-0.39, 0.29) is 23.4 Å². The summed E-state index contributed by atoms with van der Waals surface area (Å²) in [5.41, 5.74) is 1.38. The van der Waals surface area contributed by atoms with Crippen molar-refractivity contribution in [2.75, 3.05) is 5.75 Å². The number of furan rings is 1. The van der Waals surface area contributed by atoms with E-state index < -0.39 is 12.0 Å². The molecule has 1 aliphatic heterocycles. The molecule has 3 aromatic heterocycles. The van der Waals surface area contributed by atoms with Gasteiger partial charge >= 0.3 is 5.97 Å². The van der Waals surface area contributed by atoms with Crippen molar-refractivity contribution < 1.29 is 18.7 Å². The minimum absolute atomic E-state index is 0.142. The minimum Gasteiger partial charge on any atom is -0.466 e. The highest BCUT2D eigenvalue weighted by Crippen LogP contribution is 2.41. The van der Waals surface area contributed by atoms with E-state index in [9.17, 15) is 14.4 Å². The van der Waals surface area contributed by atoms with Crippen molar-refractivity contribution in [1.29, 1.82) is 0 Å². The Morgan fingerprint density at radius 3 is 2.86 bits per heavy atom. The van der Waals surface area contributed by atoms with E-state index in [4.69, 9.17) is 9.15 Å². The normalized spacial score (nSPS) is 18.9. The molecule has 3 aromatic rings. The van der Waals surface area contributed by atoms with E-state index >= 15 is 0 Å². The van der Waals surface area contributed by atoms with E-state index in [1.807, 2.05) is 19.1 Å². The molecule has 4 rings (SSSR count). The number of fused-ring (bicyclic) bond motifs is 1. The van der Waals surface area contributed by atoms with Crippen LogP contribution >= 0.6 is 11.8 Å². The van der Waals surface area contributed by atoms with Gasteiger partial charge in [0.25, 0.3) is 5.56 Å². The van der Waals surface area contributed by atoms with Crippen molar-refractivity contribution >= 4 is 29.3 Å². The maximum absolute atomic E-state index is 12.7. The number of esters is 1. The van der Waals surface area contributed by atoms with Gasteiger partial charge in [0, 0.05) is 24.4 Å². The SMILES string of the molecule is CC(=O)N1[C@@H](C(=O)OCc2cc(=O)n3c(C)cccc3n2)CS[C@@H]1c1ccco1. The van der Waals surface area contributed by atoms with Crippen molar-refractivity contribution in [3.05, 3.63) is 70.2 Å².